The van der Waals surface area contributed by atoms with Crippen LogP contribution in [0.3, 0.4) is 0 Å². The Morgan fingerprint density at radius 1 is 1.31 bits per heavy atom. The minimum atomic E-state index is -1.55. The third-order valence-electron chi connectivity index (χ3n) is 7.21. The van der Waals surface area contributed by atoms with Crippen molar-refractivity contribution in [3.8, 4) is 11.4 Å². The molecule has 0 unspecified atom stereocenters. The van der Waals surface area contributed by atoms with Crippen molar-refractivity contribution in [1.29, 1.82) is 0 Å². The van der Waals surface area contributed by atoms with Crippen LogP contribution in [0.15, 0.2) is 46.5 Å². The van der Waals surface area contributed by atoms with Crippen LogP contribution in [-0.2, 0) is 33.0 Å². The number of anilines is 1. The van der Waals surface area contributed by atoms with Crippen molar-refractivity contribution < 1.29 is 19.3 Å². The van der Waals surface area contributed by atoms with Gasteiger partial charge < -0.3 is 29.6 Å². The quantitative estimate of drug-likeness (QED) is 0.420. The Balaban J connectivity index is 1.58. The van der Waals surface area contributed by atoms with E-state index < -0.39 is 5.60 Å². The summed E-state index contributed by atoms with van der Waals surface area (Å²) in [5.74, 6) is 0.190. The molecule has 10 heteroatoms. The van der Waals surface area contributed by atoms with Gasteiger partial charge in [-0.15, -0.1) is 0 Å². The van der Waals surface area contributed by atoms with Crippen molar-refractivity contribution in [2.75, 3.05) is 32.4 Å². The minimum Gasteiger partial charge on any atom is -0.490 e. The number of aromatic nitrogens is 2. The SMILES string of the molecule is C=C1OCc2c(c(N)c3n(c2=O)Cc2c-3nc3ccccc3c2/C=N/N2CCOCOC2)[C@@]1(O)CC. The second kappa shape index (κ2) is 8.44. The van der Waals surface area contributed by atoms with E-state index in [-0.39, 0.29) is 37.7 Å². The van der Waals surface area contributed by atoms with Gasteiger partial charge in [0.15, 0.2) is 0 Å². The highest BCUT2D eigenvalue weighted by molar-refractivity contribution is 6.03. The Kier molecular flexibility index (Phi) is 5.32. The molecule has 10 nitrogen and oxygen atoms in total. The maximum Gasteiger partial charge on any atom is 0.258 e. The van der Waals surface area contributed by atoms with Crippen molar-refractivity contribution in [2.24, 2.45) is 5.10 Å². The summed E-state index contributed by atoms with van der Waals surface area (Å²) in [4.78, 5) is 18.6. The molecular weight excluding hydrogens is 462 g/mol. The molecule has 6 rings (SSSR count). The third kappa shape index (κ3) is 3.25. The van der Waals surface area contributed by atoms with Gasteiger partial charge in [0.05, 0.1) is 54.1 Å². The van der Waals surface area contributed by atoms with Crippen molar-refractivity contribution in [3.05, 3.63) is 69.2 Å². The summed E-state index contributed by atoms with van der Waals surface area (Å²) in [5.41, 5.74) is 9.53. The Bertz CT molecular complexity index is 1490. The van der Waals surface area contributed by atoms with E-state index in [1.807, 2.05) is 24.3 Å². The number of benzene rings is 1. The predicted octanol–water partition coefficient (Wildman–Crippen LogP) is 2.25. The summed E-state index contributed by atoms with van der Waals surface area (Å²) >= 11 is 0. The highest BCUT2D eigenvalue weighted by Gasteiger charge is 2.44. The van der Waals surface area contributed by atoms with Crippen LogP contribution in [0.1, 0.15) is 35.6 Å². The number of ether oxygens (including phenoxy) is 3. The monoisotopic (exact) mass is 489 g/mol. The van der Waals surface area contributed by atoms with E-state index in [0.717, 1.165) is 22.0 Å². The van der Waals surface area contributed by atoms with Gasteiger partial charge in [0, 0.05) is 22.1 Å². The second-order valence-corrected chi connectivity index (χ2v) is 9.14. The van der Waals surface area contributed by atoms with E-state index in [1.165, 1.54) is 0 Å². The number of nitrogens with zero attached hydrogens (tertiary/aromatic N) is 4. The Morgan fingerprint density at radius 3 is 2.97 bits per heavy atom. The summed E-state index contributed by atoms with van der Waals surface area (Å²) in [5, 5.41) is 18.8. The van der Waals surface area contributed by atoms with Gasteiger partial charge in [-0.25, -0.2) is 4.98 Å². The van der Waals surface area contributed by atoms with E-state index in [4.69, 9.17) is 24.9 Å². The lowest BCUT2D eigenvalue weighted by Gasteiger charge is -2.36. The fraction of sp³-hybridized carbons (Fsp3) is 0.346. The van der Waals surface area contributed by atoms with Crippen LogP contribution in [0, 0.1) is 0 Å². The number of nitrogens with two attached hydrogens (primary N) is 1. The molecule has 1 fully saturated rings. The van der Waals surface area contributed by atoms with Gasteiger partial charge in [0.25, 0.3) is 5.56 Å². The van der Waals surface area contributed by atoms with Gasteiger partial charge in [0.2, 0.25) is 0 Å². The lowest BCUT2D eigenvalue weighted by molar-refractivity contribution is -0.0474. The lowest BCUT2D eigenvalue weighted by Crippen LogP contribution is -2.40. The molecule has 36 heavy (non-hydrogen) atoms. The molecule has 1 atom stereocenters. The number of aliphatic hydroxyl groups is 1. The minimum absolute atomic E-state index is 0.0108. The van der Waals surface area contributed by atoms with E-state index in [0.29, 0.717) is 48.1 Å². The molecule has 0 aliphatic carbocycles. The number of nitrogen functional groups attached to an aromatic ring is 1. The molecule has 3 aromatic rings. The molecule has 0 bridgehead atoms. The first-order chi connectivity index (χ1) is 17.4. The van der Waals surface area contributed by atoms with Crippen LogP contribution < -0.4 is 11.3 Å². The third-order valence-corrected chi connectivity index (χ3v) is 7.21. The van der Waals surface area contributed by atoms with Crippen molar-refractivity contribution in [3.63, 3.8) is 0 Å². The Morgan fingerprint density at radius 2 is 2.14 bits per heavy atom. The van der Waals surface area contributed by atoms with E-state index >= 15 is 0 Å². The first-order valence-electron chi connectivity index (χ1n) is 11.9. The van der Waals surface area contributed by atoms with E-state index in [9.17, 15) is 9.90 Å². The molecule has 3 aliphatic rings. The smallest absolute Gasteiger partial charge is 0.258 e. The van der Waals surface area contributed by atoms with Gasteiger partial charge >= 0.3 is 0 Å². The van der Waals surface area contributed by atoms with Crippen LogP contribution >= 0.6 is 0 Å². The summed E-state index contributed by atoms with van der Waals surface area (Å²) in [6.45, 7) is 7.65. The molecule has 0 spiro atoms. The predicted molar refractivity (Wildman–Crippen MR) is 134 cm³/mol. The zero-order chi connectivity index (χ0) is 25.0. The fourth-order valence-corrected chi connectivity index (χ4v) is 5.27. The largest absolute Gasteiger partial charge is 0.490 e. The molecule has 0 saturated carbocycles. The number of hydrazone groups is 1. The van der Waals surface area contributed by atoms with Gasteiger partial charge in [-0.2, -0.15) is 5.10 Å². The lowest BCUT2D eigenvalue weighted by atomic mass is 9.83. The van der Waals surface area contributed by atoms with Gasteiger partial charge in [-0.3, -0.25) is 9.80 Å². The molecule has 5 heterocycles. The first kappa shape index (κ1) is 22.7. The molecule has 2 aromatic heterocycles. The topological polar surface area (TPSA) is 124 Å². The molecule has 0 radical (unpaired) electrons. The maximum absolute atomic E-state index is 13.7. The zero-order valence-electron chi connectivity index (χ0n) is 20.0. The number of para-hydroxylation sites is 1. The van der Waals surface area contributed by atoms with Gasteiger partial charge in [-0.1, -0.05) is 31.7 Å². The fourth-order valence-electron chi connectivity index (χ4n) is 5.27. The van der Waals surface area contributed by atoms with Gasteiger partial charge in [0.1, 0.15) is 31.5 Å². The van der Waals surface area contributed by atoms with Crippen LogP contribution in [0.2, 0.25) is 0 Å². The number of hydrogen-bond donors (Lipinski definition) is 2. The molecule has 1 saturated heterocycles. The maximum atomic E-state index is 13.7. The summed E-state index contributed by atoms with van der Waals surface area (Å²) in [6, 6.07) is 7.77. The highest BCUT2D eigenvalue weighted by Crippen LogP contribution is 2.46. The molecule has 0 amide bonds. The van der Waals surface area contributed by atoms with Crippen molar-refractivity contribution >= 4 is 22.8 Å². The summed E-state index contributed by atoms with van der Waals surface area (Å²) in [6.07, 6.45) is 2.06. The average Bonchev–Trinajstić information content (AvgIpc) is 3.07. The normalized spacial score (nSPS) is 21.3. The number of rotatable bonds is 3. The standard InChI is InChI=1S/C26H27N5O5/c1-3-26(33)15(2)36-12-19-21(26)22(27)24-23-18(11-31(24)25(19)32)17(16-6-4-5-7-20(16)29-23)10-28-30-8-9-34-14-35-13-30/h4-7,10,33H,2-3,8-9,11-14,27H2,1H3/b28-10+/t26-/m1/s1. The van der Waals surface area contributed by atoms with Crippen molar-refractivity contribution in [1.82, 2.24) is 14.6 Å². The molecule has 1 aromatic carbocycles. The Hall–Kier alpha value is -3.73. The second-order valence-electron chi connectivity index (χ2n) is 9.14. The first-order valence-corrected chi connectivity index (χ1v) is 11.9. The summed E-state index contributed by atoms with van der Waals surface area (Å²) in [7, 11) is 0. The van der Waals surface area contributed by atoms with Crippen molar-refractivity contribution in [2.45, 2.75) is 32.1 Å². The average molecular weight is 490 g/mol. The molecule has 186 valence electrons. The Labute approximate surface area is 207 Å². The number of hydrogen-bond acceptors (Lipinski definition) is 9. The number of pyridine rings is 2. The molecule has 3 N–H and O–H groups in total. The number of fused-ring (bicyclic) bond motifs is 5. The van der Waals surface area contributed by atoms with Crippen LogP contribution in [0.25, 0.3) is 22.3 Å². The van der Waals surface area contributed by atoms with E-state index in [2.05, 4.69) is 11.7 Å². The molecule has 3 aliphatic heterocycles. The highest BCUT2D eigenvalue weighted by atomic mass is 16.7. The van der Waals surface area contributed by atoms with Crippen LogP contribution in [-0.4, -0.2) is 52.6 Å². The van der Waals surface area contributed by atoms with Gasteiger partial charge in [-0.05, 0) is 12.5 Å². The molecular formula is C26H27N5O5. The summed E-state index contributed by atoms with van der Waals surface area (Å²) < 4.78 is 18.0. The van der Waals surface area contributed by atoms with Crippen LogP contribution in [0.4, 0.5) is 5.69 Å². The van der Waals surface area contributed by atoms with Crippen LogP contribution in [0.5, 0.6) is 0 Å². The zero-order valence-corrected chi connectivity index (χ0v) is 20.0. The van der Waals surface area contributed by atoms with E-state index in [1.54, 1.807) is 22.7 Å².